The van der Waals surface area contributed by atoms with Gasteiger partial charge < -0.3 is 29.7 Å². The molecular weight excluding hydrogens is 364 g/mol. The minimum Gasteiger partial charge on any atom is -0.484 e. The smallest absolute Gasteiger partial charge is 0.323 e. The molecule has 0 saturated carbocycles. The molecule has 0 aliphatic carbocycles. The van der Waals surface area contributed by atoms with E-state index in [1.807, 2.05) is 0 Å². The van der Waals surface area contributed by atoms with Crippen LogP contribution in [-0.4, -0.2) is 62.8 Å². The molecule has 0 unspecified atom stereocenters. The van der Waals surface area contributed by atoms with Crippen LogP contribution in [0.5, 0.6) is 11.6 Å². The summed E-state index contributed by atoms with van der Waals surface area (Å²) in [5.41, 5.74) is 1.11. The zero-order chi connectivity index (χ0) is 20.4. The summed E-state index contributed by atoms with van der Waals surface area (Å²) in [6.45, 7) is 0.831. The number of carbonyl (C=O) groups is 2. The Bertz CT molecular complexity index is 763. The van der Waals surface area contributed by atoms with E-state index in [0.717, 1.165) is 0 Å². The molecule has 0 atom stereocenters. The summed E-state index contributed by atoms with van der Waals surface area (Å²) in [5, 5.41) is 5.38. The number of rotatable bonds is 9. The van der Waals surface area contributed by atoms with Crippen LogP contribution < -0.4 is 20.1 Å². The Morgan fingerprint density at radius 2 is 1.64 bits per heavy atom. The fourth-order valence-corrected chi connectivity index (χ4v) is 1.97. The Balaban J connectivity index is 1.80. The van der Waals surface area contributed by atoms with Crippen LogP contribution in [0.3, 0.4) is 0 Å². The SMILES string of the molecule is COCCOc1ccc(NC(=O)Nc2ccc(OCC(=O)N(C)C)cc2)cn1. The molecule has 0 saturated heterocycles. The second kappa shape index (κ2) is 10.7. The highest BCUT2D eigenvalue weighted by atomic mass is 16.5. The lowest BCUT2D eigenvalue weighted by atomic mass is 10.3. The van der Waals surface area contributed by atoms with Crippen molar-refractivity contribution in [2.75, 3.05) is 51.7 Å². The summed E-state index contributed by atoms with van der Waals surface area (Å²) in [7, 11) is 4.92. The van der Waals surface area contributed by atoms with Gasteiger partial charge in [-0.25, -0.2) is 9.78 Å². The van der Waals surface area contributed by atoms with Crippen molar-refractivity contribution in [3.63, 3.8) is 0 Å². The van der Waals surface area contributed by atoms with E-state index in [2.05, 4.69) is 15.6 Å². The van der Waals surface area contributed by atoms with Gasteiger partial charge in [-0.15, -0.1) is 0 Å². The van der Waals surface area contributed by atoms with E-state index in [9.17, 15) is 9.59 Å². The minimum absolute atomic E-state index is 0.0432. The molecule has 1 aromatic heterocycles. The fourth-order valence-electron chi connectivity index (χ4n) is 1.97. The Morgan fingerprint density at radius 3 is 2.25 bits per heavy atom. The van der Waals surface area contributed by atoms with Gasteiger partial charge in [0.15, 0.2) is 6.61 Å². The molecule has 0 spiro atoms. The summed E-state index contributed by atoms with van der Waals surface area (Å²) in [6, 6.07) is 9.64. The highest BCUT2D eigenvalue weighted by molar-refractivity contribution is 5.99. The Hall–Kier alpha value is -3.33. The number of methoxy groups -OCH3 is 1. The molecule has 2 aromatic rings. The van der Waals surface area contributed by atoms with E-state index in [-0.39, 0.29) is 12.5 Å². The molecule has 1 heterocycles. The van der Waals surface area contributed by atoms with E-state index in [4.69, 9.17) is 14.2 Å². The summed E-state index contributed by atoms with van der Waals surface area (Å²) < 4.78 is 15.6. The number of carbonyl (C=O) groups excluding carboxylic acids is 2. The van der Waals surface area contributed by atoms with E-state index >= 15 is 0 Å². The molecule has 0 bridgehead atoms. The number of nitrogens with one attached hydrogen (secondary N) is 2. The highest BCUT2D eigenvalue weighted by Crippen LogP contribution is 2.17. The van der Waals surface area contributed by atoms with Gasteiger partial charge >= 0.3 is 6.03 Å². The van der Waals surface area contributed by atoms with Crippen molar-refractivity contribution in [2.24, 2.45) is 0 Å². The Labute approximate surface area is 163 Å². The lowest BCUT2D eigenvalue weighted by Crippen LogP contribution is -2.27. The number of likely N-dealkylation sites (N-methyl/N-ethyl adjacent to an activating group) is 1. The molecule has 9 heteroatoms. The zero-order valence-corrected chi connectivity index (χ0v) is 16.1. The van der Waals surface area contributed by atoms with Crippen molar-refractivity contribution in [1.29, 1.82) is 0 Å². The van der Waals surface area contributed by atoms with Crippen molar-refractivity contribution >= 4 is 23.3 Å². The first-order valence-corrected chi connectivity index (χ1v) is 8.56. The van der Waals surface area contributed by atoms with E-state index in [0.29, 0.717) is 36.2 Å². The summed E-state index contributed by atoms with van der Waals surface area (Å²) >= 11 is 0. The average molecular weight is 388 g/mol. The number of ether oxygens (including phenoxy) is 3. The maximum Gasteiger partial charge on any atom is 0.323 e. The van der Waals surface area contributed by atoms with Gasteiger partial charge in [-0.3, -0.25) is 4.79 Å². The van der Waals surface area contributed by atoms with Gasteiger partial charge in [0, 0.05) is 33.0 Å². The topological polar surface area (TPSA) is 102 Å². The molecule has 2 rings (SSSR count). The normalized spacial score (nSPS) is 10.1. The van der Waals surface area contributed by atoms with Gasteiger partial charge in [0.1, 0.15) is 12.4 Å². The number of amides is 3. The Morgan fingerprint density at radius 1 is 0.964 bits per heavy atom. The molecule has 0 radical (unpaired) electrons. The van der Waals surface area contributed by atoms with E-state index in [1.54, 1.807) is 57.6 Å². The van der Waals surface area contributed by atoms with Crippen LogP contribution in [0.4, 0.5) is 16.2 Å². The van der Waals surface area contributed by atoms with Crippen LogP contribution >= 0.6 is 0 Å². The van der Waals surface area contributed by atoms with Crippen molar-refractivity contribution in [1.82, 2.24) is 9.88 Å². The van der Waals surface area contributed by atoms with Crippen LogP contribution in [0.25, 0.3) is 0 Å². The number of hydrogen-bond acceptors (Lipinski definition) is 6. The molecule has 0 aliphatic heterocycles. The van der Waals surface area contributed by atoms with Crippen molar-refractivity contribution in [3.05, 3.63) is 42.6 Å². The van der Waals surface area contributed by atoms with Gasteiger partial charge in [-0.2, -0.15) is 0 Å². The molecule has 2 N–H and O–H groups in total. The standard InChI is InChI=1S/C19H24N4O5/c1-23(2)18(24)13-28-16-7-4-14(5-8-16)21-19(25)22-15-6-9-17(20-12-15)27-11-10-26-3/h4-9,12H,10-11,13H2,1-3H3,(H2,21,22,25). The van der Waals surface area contributed by atoms with Crippen molar-refractivity contribution < 1.29 is 23.8 Å². The van der Waals surface area contributed by atoms with Crippen molar-refractivity contribution in [3.8, 4) is 11.6 Å². The molecule has 150 valence electrons. The third kappa shape index (κ3) is 7.12. The Kier molecular flexibility index (Phi) is 8.04. The molecule has 9 nitrogen and oxygen atoms in total. The summed E-state index contributed by atoms with van der Waals surface area (Å²) in [5.74, 6) is 0.853. The average Bonchev–Trinajstić information content (AvgIpc) is 2.68. The third-order valence-electron chi connectivity index (χ3n) is 3.50. The lowest BCUT2D eigenvalue weighted by Gasteiger charge is -2.12. The fraction of sp³-hybridized carbons (Fsp3) is 0.316. The van der Waals surface area contributed by atoms with Crippen molar-refractivity contribution in [2.45, 2.75) is 0 Å². The van der Waals surface area contributed by atoms with Gasteiger partial charge in [0.2, 0.25) is 5.88 Å². The van der Waals surface area contributed by atoms with E-state index < -0.39 is 6.03 Å². The first-order chi connectivity index (χ1) is 13.5. The predicted octanol–water partition coefficient (Wildman–Crippen LogP) is 2.22. The second-order valence-electron chi connectivity index (χ2n) is 5.91. The number of benzene rings is 1. The largest absolute Gasteiger partial charge is 0.484 e. The molecule has 1 aromatic carbocycles. The maximum atomic E-state index is 12.1. The first kappa shape index (κ1) is 21.0. The van der Waals surface area contributed by atoms with Gasteiger partial charge in [0.25, 0.3) is 5.91 Å². The first-order valence-electron chi connectivity index (χ1n) is 8.56. The van der Waals surface area contributed by atoms with Crippen LogP contribution in [0.2, 0.25) is 0 Å². The van der Waals surface area contributed by atoms with Crippen LogP contribution in [-0.2, 0) is 9.53 Å². The van der Waals surface area contributed by atoms with Gasteiger partial charge in [0.05, 0.1) is 18.5 Å². The number of urea groups is 1. The summed E-state index contributed by atoms with van der Waals surface area (Å²) in [6.07, 6.45) is 1.50. The molecule has 3 amide bonds. The number of pyridine rings is 1. The van der Waals surface area contributed by atoms with E-state index in [1.165, 1.54) is 11.1 Å². The number of anilines is 2. The summed E-state index contributed by atoms with van der Waals surface area (Å²) in [4.78, 5) is 29.1. The monoisotopic (exact) mass is 388 g/mol. The predicted molar refractivity (Wildman–Crippen MR) is 105 cm³/mol. The number of nitrogens with zero attached hydrogens (tertiary/aromatic N) is 2. The quantitative estimate of drug-likeness (QED) is 0.639. The van der Waals surface area contributed by atoms with Crippen LogP contribution in [0.15, 0.2) is 42.6 Å². The molecule has 28 heavy (non-hydrogen) atoms. The van der Waals surface area contributed by atoms with Gasteiger partial charge in [-0.05, 0) is 30.3 Å². The minimum atomic E-state index is -0.411. The number of aromatic nitrogens is 1. The highest BCUT2D eigenvalue weighted by Gasteiger charge is 2.06. The van der Waals surface area contributed by atoms with Crippen LogP contribution in [0.1, 0.15) is 0 Å². The van der Waals surface area contributed by atoms with Gasteiger partial charge in [-0.1, -0.05) is 0 Å². The molecule has 0 fully saturated rings. The second-order valence-corrected chi connectivity index (χ2v) is 5.91. The zero-order valence-electron chi connectivity index (χ0n) is 16.1. The molecular formula is C19H24N4O5. The number of hydrogen-bond donors (Lipinski definition) is 2. The molecule has 0 aliphatic rings. The maximum absolute atomic E-state index is 12.1. The third-order valence-corrected chi connectivity index (χ3v) is 3.50. The lowest BCUT2D eigenvalue weighted by molar-refractivity contribution is -0.130. The van der Waals surface area contributed by atoms with Crippen LogP contribution in [0, 0.1) is 0 Å².